The molecule has 0 fully saturated rings. The Hall–Kier alpha value is -2.87. The largest absolute Gasteiger partial charge is 0.354 e. The molecule has 0 heterocycles. The van der Waals surface area contributed by atoms with Crippen molar-refractivity contribution >= 4 is 29.3 Å². The van der Waals surface area contributed by atoms with Gasteiger partial charge in [-0.05, 0) is 30.9 Å². The maximum Gasteiger partial charge on any atom is 0.269 e. The summed E-state index contributed by atoms with van der Waals surface area (Å²) < 4.78 is 0. The van der Waals surface area contributed by atoms with E-state index in [2.05, 4.69) is 5.32 Å². The molecule has 172 valence electrons. The predicted octanol–water partition coefficient (Wildman–Crippen LogP) is 4.33. The number of carbonyl (C=O) groups excluding carboxylic acids is 2. The number of aryl methyl sites for hydroxylation is 1. The smallest absolute Gasteiger partial charge is 0.269 e. The van der Waals surface area contributed by atoms with Gasteiger partial charge < -0.3 is 10.2 Å². The highest BCUT2D eigenvalue weighted by Gasteiger charge is 2.26. The first-order valence-electron chi connectivity index (χ1n) is 10.6. The van der Waals surface area contributed by atoms with Gasteiger partial charge in [0.25, 0.3) is 5.69 Å². The molecule has 1 unspecified atom stereocenters. The molecule has 0 spiro atoms. The van der Waals surface area contributed by atoms with E-state index < -0.39 is 11.0 Å². The van der Waals surface area contributed by atoms with Gasteiger partial charge in [-0.3, -0.25) is 19.7 Å². The van der Waals surface area contributed by atoms with Crippen molar-refractivity contribution in [2.45, 2.75) is 46.0 Å². The van der Waals surface area contributed by atoms with Gasteiger partial charge in [0.2, 0.25) is 11.8 Å². The summed E-state index contributed by atoms with van der Waals surface area (Å²) in [5.41, 5.74) is 3.04. The first kappa shape index (κ1) is 25.4. The number of hydrogen-bond donors (Lipinski definition) is 1. The van der Waals surface area contributed by atoms with E-state index in [-0.39, 0.29) is 23.3 Å². The van der Waals surface area contributed by atoms with E-state index in [0.29, 0.717) is 24.8 Å². The minimum atomic E-state index is -0.595. The van der Waals surface area contributed by atoms with E-state index in [4.69, 9.17) is 0 Å². The highest BCUT2D eigenvalue weighted by atomic mass is 32.2. The van der Waals surface area contributed by atoms with E-state index in [9.17, 15) is 19.7 Å². The highest BCUT2D eigenvalue weighted by molar-refractivity contribution is 7.99. The van der Waals surface area contributed by atoms with Crippen molar-refractivity contribution in [1.29, 1.82) is 0 Å². The number of hydrogen-bond acceptors (Lipinski definition) is 5. The van der Waals surface area contributed by atoms with Crippen LogP contribution in [0.2, 0.25) is 0 Å². The molecular weight excluding hydrogens is 426 g/mol. The number of non-ortho nitro benzene ring substituents is 1. The molecule has 1 N–H and O–H groups in total. The predicted molar refractivity (Wildman–Crippen MR) is 128 cm³/mol. The minimum Gasteiger partial charge on any atom is -0.354 e. The number of nitro groups is 1. The summed E-state index contributed by atoms with van der Waals surface area (Å²) in [6.45, 7) is 8.72. The molecule has 7 nitrogen and oxygen atoms in total. The maximum atomic E-state index is 13.1. The summed E-state index contributed by atoms with van der Waals surface area (Å²) >= 11 is 1.42. The average Bonchev–Trinajstić information content (AvgIpc) is 2.76. The van der Waals surface area contributed by atoms with Gasteiger partial charge in [0.15, 0.2) is 0 Å². The van der Waals surface area contributed by atoms with Crippen LogP contribution in [0, 0.1) is 23.0 Å². The van der Waals surface area contributed by atoms with Crippen molar-refractivity contribution in [3.05, 3.63) is 75.3 Å². The molecule has 0 radical (unpaired) electrons. The molecular formula is C24H31N3O4S. The van der Waals surface area contributed by atoms with Crippen LogP contribution in [0.5, 0.6) is 0 Å². The third-order valence-electron chi connectivity index (χ3n) is 4.97. The molecule has 0 bridgehead atoms. The lowest BCUT2D eigenvalue weighted by atomic mass is 10.1. The lowest BCUT2D eigenvalue weighted by molar-refractivity contribution is -0.384. The van der Waals surface area contributed by atoms with Crippen LogP contribution in [0.3, 0.4) is 0 Å². The second kappa shape index (κ2) is 12.2. The molecule has 2 rings (SSSR count). The van der Waals surface area contributed by atoms with Crippen LogP contribution in [-0.2, 0) is 21.9 Å². The monoisotopic (exact) mass is 457 g/mol. The Labute approximate surface area is 193 Å². The van der Waals surface area contributed by atoms with Crippen LogP contribution in [0.25, 0.3) is 0 Å². The topological polar surface area (TPSA) is 92.6 Å². The second-order valence-corrected chi connectivity index (χ2v) is 9.22. The van der Waals surface area contributed by atoms with Gasteiger partial charge >= 0.3 is 0 Å². The fraction of sp³-hybridized carbons (Fsp3) is 0.417. The molecule has 2 amide bonds. The summed E-state index contributed by atoms with van der Waals surface area (Å²) in [4.78, 5) is 37.7. The van der Waals surface area contributed by atoms with Crippen molar-refractivity contribution < 1.29 is 14.5 Å². The van der Waals surface area contributed by atoms with Crippen LogP contribution in [0.15, 0.2) is 48.5 Å². The Morgan fingerprint density at radius 1 is 1.03 bits per heavy atom. The third-order valence-corrected chi connectivity index (χ3v) is 5.96. The quantitative estimate of drug-likeness (QED) is 0.401. The third kappa shape index (κ3) is 8.00. The van der Waals surface area contributed by atoms with Gasteiger partial charge in [-0.1, -0.05) is 55.8 Å². The number of nitrogens with zero attached hydrogens (tertiary/aromatic N) is 2. The molecule has 32 heavy (non-hydrogen) atoms. The van der Waals surface area contributed by atoms with E-state index in [1.54, 1.807) is 24.0 Å². The number of benzene rings is 2. The van der Waals surface area contributed by atoms with Crippen molar-refractivity contribution in [3.8, 4) is 0 Å². The Balaban J connectivity index is 2.03. The van der Waals surface area contributed by atoms with Gasteiger partial charge in [0.1, 0.15) is 6.04 Å². The lowest BCUT2D eigenvalue weighted by Crippen LogP contribution is -2.48. The zero-order valence-electron chi connectivity index (χ0n) is 19.0. The summed E-state index contributed by atoms with van der Waals surface area (Å²) in [5, 5.41) is 13.7. The standard InChI is InChI=1S/C24H31N3O4S/c1-17(2)13-25-24(29)19(4)26(14-20-7-5-18(3)6-8-20)23(28)16-32-15-21-9-11-22(12-10-21)27(30)31/h5-12,17,19H,13-16H2,1-4H3,(H,25,29). The molecule has 2 aromatic rings. The number of nitrogens with one attached hydrogen (secondary N) is 1. The summed E-state index contributed by atoms with van der Waals surface area (Å²) in [6.07, 6.45) is 0. The highest BCUT2D eigenvalue weighted by Crippen LogP contribution is 2.19. The number of nitro benzene ring substituents is 1. The normalized spacial score (nSPS) is 11.8. The van der Waals surface area contributed by atoms with Crippen LogP contribution in [0.4, 0.5) is 5.69 Å². The van der Waals surface area contributed by atoms with E-state index in [1.165, 1.54) is 23.9 Å². The summed E-state index contributed by atoms with van der Waals surface area (Å²) in [5.74, 6) is 0.801. The number of carbonyl (C=O) groups is 2. The first-order chi connectivity index (χ1) is 15.2. The number of amides is 2. The van der Waals surface area contributed by atoms with E-state index in [1.807, 2.05) is 45.0 Å². The van der Waals surface area contributed by atoms with Crippen LogP contribution < -0.4 is 5.32 Å². The Kier molecular flexibility index (Phi) is 9.71. The Morgan fingerprint density at radius 2 is 1.62 bits per heavy atom. The molecule has 0 aliphatic carbocycles. The Bertz CT molecular complexity index is 914. The molecule has 1 atom stereocenters. The molecule has 0 saturated heterocycles. The zero-order valence-corrected chi connectivity index (χ0v) is 19.9. The lowest BCUT2D eigenvalue weighted by Gasteiger charge is -2.29. The van der Waals surface area contributed by atoms with Crippen LogP contribution >= 0.6 is 11.8 Å². The van der Waals surface area contributed by atoms with E-state index >= 15 is 0 Å². The van der Waals surface area contributed by atoms with Gasteiger partial charge in [-0.25, -0.2) is 0 Å². The molecule has 8 heteroatoms. The zero-order chi connectivity index (χ0) is 23.7. The summed E-state index contributed by atoms with van der Waals surface area (Å²) in [6, 6.07) is 13.6. The fourth-order valence-corrected chi connectivity index (χ4v) is 3.85. The SMILES string of the molecule is Cc1ccc(CN(C(=O)CSCc2ccc([N+](=O)[O-])cc2)C(C)C(=O)NCC(C)C)cc1. The molecule has 0 saturated carbocycles. The second-order valence-electron chi connectivity index (χ2n) is 8.24. The number of rotatable bonds is 11. The van der Waals surface area contributed by atoms with Crippen LogP contribution in [0.1, 0.15) is 37.5 Å². The van der Waals surface area contributed by atoms with Crippen molar-refractivity contribution in [2.75, 3.05) is 12.3 Å². The van der Waals surface area contributed by atoms with Gasteiger partial charge in [-0.2, -0.15) is 0 Å². The van der Waals surface area contributed by atoms with Gasteiger partial charge in [0, 0.05) is 31.0 Å². The van der Waals surface area contributed by atoms with Crippen LogP contribution in [-0.4, -0.2) is 40.0 Å². The van der Waals surface area contributed by atoms with Crippen molar-refractivity contribution in [3.63, 3.8) is 0 Å². The van der Waals surface area contributed by atoms with E-state index in [0.717, 1.165) is 16.7 Å². The molecule has 0 aliphatic rings. The first-order valence-corrected chi connectivity index (χ1v) is 11.8. The molecule has 0 aromatic heterocycles. The van der Waals surface area contributed by atoms with Crippen molar-refractivity contribution in [2.24, 2.45) is 5.92 Å². The molecule has 0 aliphatic heterocycles. The Morgan fingerprint density at radius 3 is 2.19 bits per heavy atom. The average molecular weight is 458 g/mol. The van der Waals surface area contributed by atoms with Gasteiger partial charge in [0.05, 0.1) is 10.7 Å². The summed E-state index contributed by atoms with van der Waals surface area (Å²) in [7, 11) is 0. The van der Waals surface area contributed by atoms with Crippen molar-refractivity contribution in [1.82, 2.24) is 10.2 Å². The maximum absolute atomic E-state index is 13.1. The minimum absolute atomic E-state index is 0.0420. The fourth-order valence-electron chi connectivity index (χ4n) is 2.98. The molecule has 2 aromatic carbocycles. The number of thioether (sulfide) groups is 1. The van der Waals surface area contributed by atoms with Gasteiger partial charge in [-0.15, -0.1) is 11.8 Å².